The largest absolute Gasteiger partial charge is 0.380 e. The molecule has 1 aliphatic heterocycles. The van der Waals surface area contributed by atoms with E-state index in [1.807, 2.05) is 6.92 Å². The number of rotatable bonds is 15. The van der Waals surface area contributed by atoms with Crippen molar-refractivity contribution in [3.05, 3.63) is 0 Å². The molecular formula is C19H38O3S. The normalized spacial score (nSPS) is 17.1. The highest BCUT2D eigenvalue weighted by atomic mass is 32.2. The molecule has 138 valence electrons. The lowest BCUT2D eigenvalue weighted by molar-refractivity contribution is -0.106. The summed E-state index contributed by atoms with van der Waals surface area (Å²) in [5, 5.41) is 0. The molecule has 1 aliphatic rings. The van der Waals surface area contributed by atoms with Crippen LogP contribution in [-0.4, -0.2) is 33.1 Å². The Balaban J connectivity index is 1.78. The highest BCUT2D eigenvalue weighted by molar-refractivity contribution is 7.91. The zero-order valence-electron chi connectivity index (χ0n) is 15.4. The summed E-state index contributed by atoms with van der Waals surface area (Å²) in [4.78, 5) is 0. The summed E-state index contributed by atoms with van der Waals surface area (Å²) in [6, 6.07) is 0. The van der Waals surface area contributed by atoms with Crippen molar-refractivity contribution in [2.24, 2.45) is 5.41 Å². The van der Waals surface area contributed by atoms with E-state index < -0.39 is 9.84 Å². The Morgan fingerprint density at radius 2 is 1.26 bits per heavy atom. The molecule has 0 aromatic carbocycles. The molecular weight excluding hydrogens is 308 g/mol. The van der Waals surface area contributed by atoms with Crippen LogP contribution >= 0.6 is 0 Å². The lowest BCUT2D eigenvalue weighted by Gasteiger charge is -2.38. The number of ether oxygens (including phenoxy) is 1. The summed E-state index contributed by atoms with van der Waals surface area (Å²) in [5.74, 6) is 0.754. The standard InChI is InChI=1S/C19H38O3S/c1-3-15-23(20,21)16-13-11-9-7-5-4-6-8-10-12-14-19(2)17-22-18-19/h3-18H2,1-2H3. The number of hydrogen-bond acceptors (Lipinski definition) is 3. The Morgan fingerprint density at radius 3 is 1.70 bits per heavy atom. The van der Waals surface area contributed by atoms with Gasteiger partial charge in [0.25, 0.3) is 0 Å². The van der Waals surface area contributed by atoms with Gasteiger partial charge in [0.2, 0.25) is 0 Å². The van der Waals surface area contributed by atoms with Gasteiger partial charge in [-0.1, -0.05) is 71.6 Å². The second-order valence-electron chi connectivity index (χ2n) is 7.74. The van der Waals surface area contributed by atoms with E-state index in [-0.39, 0.29) is 0 Å². The van der Waals surface area contributed by atoms with Crippen LogP contribution in [0.2, 0.25) is 0 Å². The quantitative estimate of drug-likeness (QED) is 0.386. The first-order valence-corrected chi connectivity index (χ1v) is 11.6. The van der Waals surface area contributed by atoms with Crippen molar-refractivity contribution in [2.45, 2.75) is 90.9 Å². The fourth-order valence-electron chi connectivity index (χ4n) is 3.30. The average Bonchev–Trinajstić information content (AvgIpc) is 2.46. The van der Waals surface area contributed by atoms with Crippen molar-refractivity contribution in [1.82, 2.24) is 0 Å². The molecule has 0 unspecified atom stereocenters. The maximum atomic E-state index is 11.6. The SMILES string of the molecule is CCCS(=O)(=O)CCCCCCCCCCCCC1(C)COC1. The third-order valence-corrected chi connectivity index (χ3v) is 6.84. The van der Waals surface area contributed by atoms with E-state index in [4.69, 9.17) is 4.74 Å². The molecule has 23 heavy (non-hydrogen) atoms. The second kappa shape index (κ2) is 11.5. The van der Waals surface area contributed by atoms with Crippen LogP contribution < -0.4 is 0 Å². The molecule has 0 saturated carbocycles. The Morgan fingerprint density at radius 1 is 0.783 bits per heavy atom. The Bertz CT molecular complexity index is 385. The van der Waals surface area contributed by atoms with Crippen molar-refractivity contribution in [3.8, 4) is 0 Å². The van der Waals surface area contributed by atoms with Gasteiger partial charge in [0, 0.05) is 11.2 Å². The van der Waals surface area contributed by atoms with Gasteiger partial charge in [-0.25, -0.2) is 8.42 Å². The maximum absolute atomic E-state index is 11.6. The van der Waals surface area contributed by atoms with Crippen LogP contribution in [-0.2, 0) is 14.6 Å². The maximum Gasteiger partial charge on any atom is 0.150 e. The van der Waals surface area contributed by atoms with Crippen LogP contribution in [0.5, 0.6) is 0 Å². The van der Waals surface area contributed by atoms with Gasteiger partial charge in [-0.2, -0.15) is 0 Å². The van der Waals surface area contributed by atoms with Crippen LogP contribution in [0.3, 0.4) is 0 Å². The number of unbranched alkanes of at least 4 members (excludes halogenated alkanes) is 9. The van der Waals surface area contributed by atoms with E-state index in [9.17, 15) is 8.42 Å². The summed E-state index contributed by atoms with van der Waals surface area (Å²) in [6.07, 6.45) is 14.6. The van der Waals surface area contributed by atoms with Crippen LogP contribution in [0.25, 0.3) is 0 Å². The summed E-state index contributed by atoms with van der Waals surface area (Å²) in [5.41, 5.74) is 0.491. The van der Waals surface area contributed by atoms with Crippen molar-refractivity contribution in [1.29, 1.82) is 0 Å². The fourth-order valence-corrected chi connectivity index (χ4v) is 4.77. The topological polar surface area (TPSA) is 43.4 Å². The molecule has 0 N–H and O–H groups in total. The average molecular weight is 347 g/mol. The lowest BCUT2D eigenvalue weighted by atomic mass is 9.83. The van der Waals surface area contributed by atoms with E-state index in [1.165, 1.54) is 57.8 Å². The van der Waals surface area contributed by atoms with Gasteiger partial charge in [0.1, 0.15) is 9.84 Å². The van der Waals surface area contributed by atoms with E-state index in [2.05, 4.69) is 6.92 Å². The molecule has 3 nitrogen and oxygen atoms in total. The van der Waals surface area contributed by atoms with Crippen molar-refractivity contribution in [3.63, 3.8) is 0 Å². The molecule has 0 aliphatic carbocycles. The zero-order valence-corrected chi connectivity index (χ0v) is 16.3. The van der Waals surface area contributed by atoms with Crippen molar-refractivity contribution < 1.29 is 13.2 Å². The number of hydrogen-bond donors (Lipinski definition) is 0. The first kappa shape index (κ1) is 21.0. The first-order chi connectivity index (χ1) is 11.0. The lowest BCUT2D eigenvalue weighted by Crippen LogP contribution is -2.39. The number of sulfone groups is 1. The molecule has 0 radical (unpaired) electrons. The molecule has 0 spiro atoms. The fraction of sp³-hybridized carbons (Fsp3) is 1.00. The van der Waals surface area contributed by atoms with E-state index in [0.717, 1.165) is 32.5 Å². The molecule has 0 aromatic heterocycles. The van der Waals surface area contributed by atoms with E-state index in [1.54, 1.807) is 0 Å². The molecule has 4 heteroatoms. The summed E-state index contributed by atoms with van der Waals surface area (Å²) in [6.45, 7) is 6.20. The third-order valence-electron chi connectivity index (χ3n) is 4.90. The molecule has 0 amide bonds. The molecule has 1 rings (SSSR count). The van der Waals surface area contributed by atoms with Crippen LogP contribution in [0.4, 0.5) is 0 Å². The summed E-state index contributed by atoms with van der Waals surface area (Å²) < 4.78 is 28.4. The van der Waals surface area contributed by atoms with Gasteiger partial charge in [-0.05, 0) is 19.3 Å². The Kier molecular flexibility index (Phi) is 10.4. The van der Waals surface area contributed by atoms with E-state index in [0.29, 0.717) is 16.9 Å². The second-order valence-corrected chi connectivity index (χ2v) is 10.0. The first-order valence-electron chi connectivity index (χ1n) is 9.76. The molecule has 0 aromatic rings. The predicted octanol–water partition coefficient (Wildman–Crippen LogP) is 5.14. The molecule has 1 heterocycles. The smallest absolute Gasteiger partial charge is 0.150 e. The van der Waals surface area contributed by atoms with Crippen molar-refractivity contribution >= 4 is 9.84 Å². The van der Waals surface area contributed by atoms with Crippen LogP contribution in [0, 0.1) is 5.41 Å². The highest BCUT2D eigenvalue weighted by Crippen LogP contribution is 2.32. The summed E-state index contributed by atoms with van der Waals surface area (Å²) in [7, 11) is -2.76. The van der Waals surface area contributed by atoms with Gasteiger partial charge >= 0.3 is 0 Å². The van der Waals surface area contributed by atoms with Gasteiger partial charge in [0.15, 0.2) is 0 Å². The minimum atomic E-state index is -2.76. The Labute approximate surface area is 144 Å². The highest BCUT2D eigenvalue weighted by Gasteiger charge is 2.32. The van der Waals surface area contributed by atoms with Crippen LogP contribution in [0.15, 0.2) is 0 Å². The Hall–Kier alpha value is -0.0900. The minimum absolute atomic E-state index is 0.360. The monoisotopic (exact) mass is 346 g/mol. The summed E-state index contributed by atoms with van der Waals surface area (Å²) >= 11 is 0. The molecule has 1 fully saturated rings. The predicted molar refractivity (Wildman–Crippen MR) is 98.7 cm³/mol. The van der Waals surface area contributed by atoms with Gasteiger partial charge in [0.05, 0.1) is 19.0 Å². The van der Waals surface area contributed by atoms with Gasteiger partial charge in [-0.15, -0.1) is 0 Å². The van der Waals surface area contributed by atoms with Gasteiger partial charge in [-0.3, -0.25) is 0 Å². The zero-order chi connectivity index (χ0) is 17.0. The molecule has 1 saturated heterocycles. The molecule has 0 bridgehead atoms. The van der Waals surface area contributed by atoms with Gasteiger partial charge < -0.3 is 4.74 Å². The van der Waals surface area contributed by atoms with Crippen LogP contribution in [0.1, 0.15) is 90.9 Å². The minimum Gasteiger partial charge on any atom is -0.380 e. The third kappa shape index (κ3) is 10.4. The molecule has 0 atom stereocenters. The van der Waals surface area contributed by atoms with E-state index >= 15 is 0 Å². The van der Waals surface area contributed by atoms with Crippen molar-refractivity contribution in [2.75, 3.05) is 24.7 Å².